The molecule has 1 aromatic carbocycles. The summed E-state index contributed by atoms with van der Waals surface area (Å²) in [7, 11) is 0. The van der Waals surface area contributed by atoms with E-state index in [0.29, 0.717) is 30.4 Å². The summed E-state index contributed by atoms with van der Waals surface area (Å²) in [5.74, 6) is 0.370. The van der Waals surface area contributed by atoms with Crippen LogP contribution in [0.2, 0.25) is 0 Å². The second-order valence-electron chi connectivity index (χ2n) is 5.55. The molecule has 1 aliphatic rings. The van der Waals surface area contributed by atoms with Crippen molar-refractivity contribution in [2.24, 2.45) is 5.41 Å². The monoisotopic (exact) mass is 252 g/mol. The van der Waals surface area contributed by atoms with Crippen LogP contribution in [0.1, 0.15) is 29.2 Å². The molecular formula is C14H20O4. The second kappa shape index (κ2) is 4.44. The minimum absolute atomic E-state index is 0.0228. The number of hydrogen-bond donors (Lipinski definition) is 4. The lowest BCUT2D eigenvalue weighted by Crippen LogP contribution is -2.21. The Labute approximate surface area is 107 Å². The molecule has 4 N–H and O–H groups in total. The Kier molecular flexibility index (Phi) is 3.25. The average molecular weight is 252 g/mol. The molecule has 0 aliphatic heterocycles. The van der Waals surface area contributed by atoms with Crippen molar-refractivity contribution in [1.29, 1.82) is 0 Å². The molecular weight excluding hydrogens is 232 g/mol. The Morgan fingerprint density at radius 2 is 1.61 bits per heavy atom. The van der Waals surface area contributed by atoms with Crippen LogP contribution in [0.3, 0.4) is 0 Å². The van der Waals surface area contributed by atoms with Crippen LogP contribution in [0.5, 0.6) is 11.5 Å². The minimum atomic E-state index is -0.318. The normalized spacial score (nSPS) is 22.2. The summed E-state index contributed by atoms with van der Waals surface area (Å²) < 4.78 is 0. The molecule has 0 unspecified atom stereocenters. The highest BCUT2D eigenvalue weighted by molar-refractivity contribution is 5.60. The molecule has 0 saturated heterocycles. The van der Waals surface area contributed by atoms with E-state index in [1.54, 1.807) is 6.92 Å². The summed E-state index contributed by atoms with van der Waals surface area (Å²) in [4.78, 5) is 0. The number of fused-ring (bicyclic) bond motifs is 1. The van der Waals surface area contributed by atoms with Crippen molar-refractivity contribution in [1.82, 2.24) is 0 Å². The van der Waals surface area contributed by atoms with Gasteiger partial charge in [-0.15, -0.1) is 0 Å². The van der Waals surface area contributed by atoms with Gasteiger partial charge >= 0.3 is 0 Å². The molecule has 1 aliphatic carbocycles. The van der Waals surface area contributed by atoms with Gasteiger partial charge in [-0.05, 0) is 37.2 Å². The number of phenolic OH excluding ortho intramolecular Hbond substituents is 2. The Bertz CT molecular complexity index is 481. The fourth-order valence-electron chi connectivity index (χ4n) is 2.84. The second-order valence-corrected chi connectivity index (χ2v) is 5.55. The van der Waals surface area contributed by atoms with Gasteiger partial charge in [0.1, 0.15) is 11.5 Å². The third-order valence-electron chi connectivity index (χ3n) is 3.98. The van der Waals surface area contributed by atoms with E-state index in [2.05, 4.69) is 0 Å². The van der Waals surface area contributed by atoms with Gasteiger partial charge in [0.2, 0.25) is 0 Å². The third-order valence-corrected chi connectivity index (χ3v) is 3.98. The summed E-state index contributed by atoms with van der Waals surface area (Å²) in [6, 6.07) is 0. The molecule has 100 valence electrons. The molecule has 18 heavy (non-hydrogen) atoms. The third kappa shape index (κ3) is 1.85. The maximum absolute atomic E-state index is 10.3. The van der Waals surface area contributed by atoms with Crippen LogP contribution in [-0.4, -0.2) is 33.6 Å². The fraction of sp³-hybridized carbons (Fsp3) is 0.571. The first-order valence-electron chi connectivity index (χ1n) is 6.20. The van der Waals surface area contributed by atoms with E-state index in [1.807, 2.05) is 6.92 Å². The van der Waals surface area contributed by atoms with Gasteiger partial charge in [0.25, 0.3) is 0 Å². The van der Waals surface area contributed by atoms with E-state index in [1.165, 1.54) is 0 Å². The SMILES string of the molecule is Cc1c(O)c2c(c(O)c1CCO)C[C@@](C)(CO)C2. The first-order chi connectivity index (χ1) is 8.43. The lowest BCUT2D eigenvalue weighted by atomic mass is 9.88. The summed E-state index contributed by atoms with van der Waals surface area (Å²) in [5.41, 5.74) is 2.38. The van der Waals surface area contributed by atoms with Crippen molar-refractivity contribution in [2.45, 2.75) is 33.1 Å². The Morgan fingerprint density at radius 3 is 2.11 bits per heavy atom. The van der Waals surface area contributed by atoms with Gasteiger partial charge in [0, 0.05) is 29.9 Å². The highest BCUT2D eigenvalue weighted by atomic mass is 16.3. The van der Waals surface area contributed by atoms with E-state index in [9.17, 15) is 15.3 Å². The van der Waals surface area contributed by atoms with E-state index in [-0.39, 0.29) is 30.1 Å². The van der Waals surface area contributed by atoms with Crippen molar-refractivity contribution in [3.8, 4) is 11.5 Å². The first kappa shape index (κ1) is 13.2. The molecule has 0 radical (unpaired) electrons. The van der Waals surface area contributed by atoms with Crippen molar-refractivity contribution in [3.63, 3.8) is 0 Å². The molecule has 0 fully saturated rings. The maximum atomic E-state index is 10.3. The van der Waals surface area contributed by atoms with Gasteiger partial charge in [0.05, 0.1) is 0 Å². The number of hydrogen-bond acceptors (Lipinski definition) is 4. The molecule has 4 heteroatoms. The predicted molar refractivity (Wildman–Crippen MR) is 67.9 cm³/mol. The molecule has 0 aromatic heterocycles. The molecule has 0 heterocycles. The number of benzene rings is 1. The Hall–Kier alpha value is -1.26. The zero-order chi connectivity index (χ0) is 13.5. The first-order valence-corrected chi connectivity index (χ1v) is 6.20. The number of aliphatic hydroxyl groups excluding tert-OH is 2. The molecule has 2 rings (SSSR count). The Balaban J connectivity index is 2.57. The molecule has 0 saturated carbocycles. The molecule has 0 amide bonds. The topological polar surface area (TPSA) is 80.9 Å². The van der Waals surface area contributed by atoms with Crippen molar-refractivity contribution >= 4 is 0 Å². The van der Waals surface area contributed by atoms with Crippen molar-refractivity contribution in [3.05, 3.63) is 22.3 Å². The highest BCUT2D eigenvalue weighted by Gasteiger charge is 2.37. The largest absolute Gasteiger partial charge is 0.507 e. The van der Waals surface area contributed by atoms with E-state index in [0.717, 1.165) is 11.1 Å². The fourth-order valence-corrected chi connectivity index (χ4v) is 2.84. The van der Waals surface area contributed by atoms with E-state index < -0.39 is 0 Å². The van der Waals surface area contributed by atoms with Crippen LogP contribution in [0, 0.1) is 12.3 Å². The molecule has 0 spiro atoms. The van der Waals surface area contributed by atoms with Crippen LogP contribution in [-0.2, 0) is 19.3 Å². The average Bonchev–Trinajstić information content (AvgIpc) is 2.71. The van der Waals surface area contributed by atoms with Crippen LogP contribution in [0.25, 0.3) is 0 Å². The molecule has 1 aromatic rings. The zero-order valence-electron chi connectivity index (χ0n) is 10.8. The number of aliphatic hydroxyl groups is 2. The van der Waals surface area contributed by atoms with E-state index in [4.69, 9.17) is 5.11 Å². The van der Waals surface area contributed by atoms with Gasteiger partial charge in [-0.1, -0.05) is 6.92 Å². The Morgan fingerprint density at radius 1 is 1.06 bits per heavy atom. The van der Waals surface area contributed by atoms with Gasteiger partial charge in [0.15, 0.2) is 0 Å². The van der Waals surface area contributed by atoms with Gasteiger partial charge in [-0.25, -0.2) is 0 Å². The summed E-state index contributed by atoms with van der Waals surface area (Å²) in [5, 5.41) is 38.9. The zero-order valence-corrected chi connectivity index (χ0v) is 10.8. The highest BCUT2D eigenvalue weighted by Crippen LogP contribution is 2.47. The van der Waals surface area contributed by atoms with Gasteiger partial charge in [-0.3, -0.25) is 0 Å². The van der Waals surface area contributed by atoms with Gasteiger partial charge in [-0.2, -0.15) is 0 Å². The lowest BCUT2D eigenvalue weighted by Gasteiger charge is -2.19. The van der Waals surface area contributed by atoms with E-state index >= 15 is 0 Å². The number of rotatable bonds is 3. The standard InChI is InChI=1S/C14H20O4/c1-8-9(3-4-15)13(18)11-6-14(2,7-16)5-10(11)12(8)17/h15-18H,3-7H2,1-2H3/t14-/m0/s1. The lowest BCUT2D eigenvalue weighted by molar-refractivity contribution is 0.151. The van der Waals surface area contributed by atoms with Crippen LogP contribution in [0.15, 0.2) is 0 Å². The number of aromatic hydroxyl groups is 2. The molecule has 4 nitrogen and oxygen atoms in total. The summed E-state index contributed by atoms with van der Waals surface area (Å²) >= 11 is 0. The van der Waals surface area contributed by atoms with Crippen molar-refractivity contribution < 1.29 is 20.4 Å². The minimum Gasteiger partial charge on any atom is -0.507 e. The maximum Gasteiger partial charge on any atom is 0.122 e. The molecule has 0 bridgehead atoms. The van der Waals surface area contributed by atoms with Crippen LogP contribution in [0.4, 0.5) is 0 Å². The molecule has 1 atom stereocenters. The summed E-state index contributed by atoms with van der Waals surface area (Å²) in [6.07, 6.45) is 1.45. The van der Waals surface area contributed by atoms with Crippen LogP contribution >= 0.6 is 0 Å². The van der Waals surface area contributed by atoms with Gasteiger partial charge < -0.3 is 20.4 Å². The van der Waals surface area contributed by atoms with Crippen LogP contribution < -0.4 is 0 Å². The number of phenols is 2. The van der Waals surface area contributed by atoms with Crippen molar-refractivity contribution in [2.75, 3.05) is 13.2 Å². The summed E-state index contributed by atoms with van der Waals surface area (Å²) in [6.45, 7) is 3.64. The quantitative estimate of drug-likeness (QED) is 0.606. The smallest absolute Gasteiger partial charge is 0.122 e. The predicted octanol–water partition coefficient (Wildman–Crippen LogP) is 1.04.